The number of aliphatic hydroxyl groups excluding tert-OH is 1. The molecule has 160 valence electrons. The van der Waals surface area contributed by atoms with Gasteiger partial charge in [-0.1, -0.05) is 40.5 Å². The smallest absolute Gasteiger partial charge is 0.322 e. The number of carbonyl (C=O) groups is 1. The SMILES string of the molecule is Cc1ccc(NC(=O)N2CC=C(c3ncc(-c4noc(CO)n4)cc3Cl)CC2)cc1Cl. The number of benzene rings is 1. The van der Waals surface area contributed by atoms with Crippen LogP contribution in [0.2, 0.25) is 10.0 Å². The van der Waals surface area contributed by atoms with Gasteiger partial charge in [0, 0.05) is 35.6 Å². The Morgan fingerprint density at radius 2 is 2.13 bits per heavy atom. The first-order valence-electron chi connectivity index (χ1n) is 9.55. The van der Waals surface area contributed by atoms with Crippen LogP contribution in [0.25, 0.3) is 17.0 Å². The molecule has 0 saturated carbocycles. The Hall–Kier alpha value is -2.94. The molecule has 1 aliphatic rings. The van der Waals surface area contributed by atoms with Crippen LogP contribution in [0, 0.1) is 6.92 Å². The van der Waals surface area contributed by atoms with Crippen LogP contribution in [0.3, 0.4) is 0 Å². The van der Waals surface area contributed by atoms with Gasteiger partial charge in [-0.3, -0.25) is 4.98 Å². The molecular formula is C21H19Cl2N5O3. The third-order valence-corrected chi connectivity index (χ3v) is 5.62. The fourth-order valence-corrected chi connectivity index (χ4v) is 3.64. The zero-order valence-corrected chi connectivity index (χ0v) is 18.1. The van der Waals surface area contributed by atoms with Gasteiger partial charge in [0.1, 0.15) is 6.61 Å². The van der Waals surface area contributed by atoms with Gasteiger partial charge in [-0.25, -0.2) is 4.79 Å². The summed E-state index contributed by atoms with van der Waals surface area (Å²) in [5, 5.41) is 16.8. The normalized spacial score (nSPS) is 13.8. The van der Waals surface area contributed by atoms with Gasteiger partial charge in [0.25, 0.3) is 5.89 Å². The Labute approximate surface area is 188 Å². The average Bonchev–Trinajstić information content (AvgIpc) is 3.26. The quantitative estimate of drug-likeness (QED) is 0.592. The maximum absolute atomic E-state index is 12.6. The van der Waals surface area contributed by atoms with Crippen molar-refractivity contribution in [2.24, 2.45) is 0 Å². The highest BCUT2D eigenvalue weighted by atomic mass is 35.5. The first-order chi connectivity index (χ1) is 14.9. The van der Waals surface area contributed by atoms with Gasteiger partial charge in [-0.15, -0.1) is 0 Å². The fraction of sp³-hybridized carbons (Fsp3) is 0.238. The van der Waals surface area contributed by atoms with Crippen molar-refractivity contribution in [1.29, 1.82) is 0 Å². The highest BCUT2D eigenvalue weighted by molar-refractivity contribution is 6.32. The number of halogens is 2. The predicted molar refractivity (Wildman–Crippen MR) is 118 cm³/mol. The molecule has 0 aliphatic carbocycles. The van der Waals surface area contributed by atoms with Crippen molar-refractivity contribution in [3.8, 4) is 11.4 Å². The Kier molecular flexibility index (Phi) is 6.22. The topological polar surface area (TPSA) is 104 Å². The number of rotatable bonds is 4. The summed E-state index contributed by atoms with van der Waals surface area (Å²) in [5.74, 6) is 0.429. The van der Waals surface area contributed by atoms with Crippen LogP contribution in [0.5, 0.6) is 0 Å². The number of pyridine rings is 1. The van der Waals surface area contributed by atoms with Crippen LogP contribution in [-0.4, -0.2) is 44.3 Å². The maximum atomic E-state index is 12.6. The summed E-state index contributed by atoms with van der Waals surface area (Å²) >= 11 is 12.6. The van der Waals surface area contributed by atoms with E-state index in [0.717, 1.165) is 11.1 Å². The van der Waals surface area contributed by atoms with Crippen LogP contribution < -0.4 is 5.32 Å². The van der Waals surface area contributed by atoms with Gasteiger partial charge >= 0.3 is 6.03 Å². The van der Waals surface area contributed by atoms with Gasteiger partial charge in [-0.2, -0.15) is 4.98 Å². The summed E-state index contributed by atoms with van der Waals surface area (Å²) in [4.78, 5) is 22.8. The molecule has 3 heterocycles. The number of nitrogens with zero attached hydrogens (tertiary/aromatic N) is 4. The highest BCUT2D eigenvalue weighted by Gasteiger charge is 2.21. The van der Waals surface area contributed by atoms with E-state index in [-0.39, 0.29) is 18.5 Å². The summed E-state index contributed by atoms with van der Waals surface area (Å²) in [5.41, 5.74) is 3.81. The fourth-order valence-electron chi connectivity index (χ4n) is 3.17. The molecule has 1 aliphatic heterocycles. The number of urea groups is 1. The van der Waals surface area contributed by atoms with E-state index in [9.17, 15) is 4.79 Å². The Balaban J connectivity index is 1.43. The molecule has 4 rings (SSSR count). The first kappa shape index (κ1) is 21.3. The van der Waals surface area contributed by atoms with Crippen LogP contribution in [0.1, 0.15) is 23.6 Å². The van der Waals surface area contributed by atoms with Gasteiger partial charge in [0.05, 0.1) is 10.7 Å². The van der Waals surface area contributed by atoms with Crippen LogP contribution in [-0.2, 0) is 6.61 Å². The second kappa shape index (κ2) is 9.05. The Morgan fingerprint density at radius 1 is 1.29 bits per heavy atom. The van der Waals surface area contributed by atoms with Crippen LogP contribution in [0.4, 0.5) is 10.5 Å². The minimum Gasteiger partial charge on any atom is -0.387 e. The van der Waals surface area contributed by atoms with Crippen molar-refractivity contribution in [3.05, 3.63) is 63.7 Å². The molecule has 2 N–H and O–H groups in total. The molecular weight excluding hydrogens is 441 g/mol. The first-order valence-corrected chi connectivity index (χ1v) is 10.3. The maximum Gasteiger partial charge on any atom is 0.322 e. The van der Waals surface area contributed by atoms with Crippen molar-refractivity contribution in [1.82, 2.24) is 20.0 Å². The van der Waals surface area contributed by atoms with Crippen molar-refractivity contribution < 1.29 is 14.4 Å². The number of carbonyl (C=O) groups excluding carboxylic acids is 1. The number of hydrogen-bond donors (Lipinski definition) is 2. The Morgan fingerprint density at radius 3 is 2.77 bits per heavy atom. The molecule has 10 heteroatoms. The molecule has 0 atom stereocenters. The van der Waals surface area contributed by atoms with Crippen LogP contribution >= 0.6 is 23.2 Å². The average molecular weight is 460 g/mol. The number of hydrogen-bond acceptors (Lipinski definition) is 6. The molecule has 8 nitrogen and oxygen atoms in total. The van der Waals surface area contributed by atoms with E-state index in [2.05, 4.69) is 20.4 Å². The standard InChI is InChI=1S/C21H19Cl2N5O3/c1-12-2-3-15(9-16(12)22)25-21(30)28-6-4-13(5-7-28)19-17(23)8-14(10-24-19)20-26-18(11-29)31-27-20/h2-4,8-10,29H,5-7,11H2,1H3,(H,25,30). The van der Waals surface area contributed by atoms with E-state index >= 15 is 0 Å². The molecule has 0 unspecified atom stereocenters. The molecule has 0 fully saturated rings. The molecule has 0 bridgehead atoms. The van der Waals surface area contributed by atoms with E-state index in [1.807, 2.05) is 25.1 Å². The highest BCUT2D eigenvalue weighted by Crippen LogP contribution is 2.30. The van der Waals surface area contributed by atoms with Gasteiger partial charge in [0.15, 0.2) is 0 Å². The lowest BCUT2D eigenvalue weighted by molar-refractivity contribution is 0.217. The van der Waals surface area contributed by atoms with Gasteiger partial charge < -0.3 is 19.8 Å². The number of aliphatic hydroxyl groups is 1. The summed E-state index contributed by atoms with van der Waals surface area (Å²) in [7, 11) is 0. The van der Waals surface area contributed by atoms with E-state index in [0.29, 0.717) is 52.3 Å². The zero-order valence-electron chi connectivity index (χ0n) is 16.6. The van der Waals surface area contributed by atoms with E-state index in [4.69, 9.17) is 32.8 Å². The minimum absolute atomic E-state index is 0.122. The van der Waals surface area contributed by atoms with Crippen molar-refractivity contribution >= 4 is 40.5 Å². The van der Waals surface area contributed by atoms with E-state index in [1.54, 1.807) is 23.2 Å². The second-order valence-electron chi connectivity index (χ2n) is 7.04. The predicted octanol–water partition coefficient (Wildman–Crippen LogP) is 4.56. The third-order valence-electron chi connectivity index (χ3n) is 4.93. The lowest BCUT2D eigenvalue weighted by Crippen LogP contribution is -2.38. The summed E-state index contributed by atoms with van der Waals surface area (Å²) in [6.45, 7) is 2.54. The summed E-state index contributed by atoms with van der Waals surface area (Å²) in [6, 6.07) is 6.93. The van der Waals surface area contributed by atoms with Crippen molar-refractivity contribution in [2.45, 2.75) is 20.0 Å². The van der Waals surface area contributed by atoms with Crippen LogP contribution in [0.15, 0.2) is 41.1 Å². The molecule has 2 amide bonds. The summed E-state index contributed by atoms with van der Waals surface area (Å²) in [6.07, 6.45) is 4.16. The number of anilines is 1. The number of amides is 2. The molecule has 0 spiro atoms. The lowest BCUT2D eigenvalue weighted by Gasteiger charge is -2.27. The molecule has 2 aromatic heterocycles. The number of nitrogens with one attached hydrogen (secondary N) is 1. The largest absolute Gasteiger partial charge is 0.387 e. The van der Waals surface area contributed by atoms with Gasteiger partial charge in [0.2, 0.25) is 5.82 Å². The van der Waals surface area contributed by atoms with Crippen molar-refractivity contribution in [2.75, 3.05) is 18.4 Å². The third kappa shape index (κ3) is 4.71. The lowest BCUT2D eigenvalue weighted by atomic mass is 10.0. The number of aromatic nitrogens is 3. The Bertz CT molecular complexity index is 1160. The van der Waals surface area contributed by atoms with Crippen molar-refractivity contribution in [3.63, 3.8) is 0 Å². The second-order valence-corrected chi connectivity index (χ2v) is 7.86. The summed E-state index contributed by atoms with van der Waals surface area (Å²) < 4.78 is 4.90. The van der Waals surface area contributed by atoms with Gasteiger partial charge in [-0.05, 0) is 42.7 Å². The zero-order chi connectivity index (χ0) is 22.0. The molecule has 0 saturated heterocycles. The monoisotopic (exact) mass is 459 g/mol. The molecule has 1 aromatic carbocycles. The number of aryl methyl sites for hydroxylation is 1. The molecule has 31 heavy (non-hydrogen) atoms. The molecule has 0 radical (unpaired) electrons. The van der Waals surface area contributed by atoms with E-state index < -0.39 is 0 Å². The van der Waals surface area contributed by atoms with E-state index in [1.165, 1.54) is 0 Å². The minimum atomic E-state index is -0.333. The molecule has 3 aromatic rings.